The largest absolute Gasteiger partial charge is 0.493 e. The Morgan fingerprint density at radius 1 is 1.16 bits per heavy atom. The van der Waals surface area contributed by atoms with Crippen molar-refractivity contribution in [1.82, 2.24) is 0 Å². The van der Waals surface area contributed by atoms with E-state index in [1.54, 1.807) is 26.0 Å². The molecule has 0 amide bonds. The van der Waals surface area contributed by atoms with Gasteiger partial charge in [-0.25, -0.2) is 0 Å². The van der Waals surface area contributed by atoms with Gasteiger partial charge in [0.05, 0.1) is 24.4 Å². The minimum atomic E-state index is -1.11. The Kier molecular flexibility index (Phi) is 4.95. The molecule has 0 atom stereocenters. The molecule has 1 rings (SSSR count). The van der Waals surface area contributed by atoms with Crippen LogP contribution in [0, 0.1) is 0 Å². The third kappa shape index (κ3) is 3.70. The Bertz CT molecular complexity index is 431. The van der Waals surface area contributed by atoms with Crippen molar-refractivity contribution in [2.75, 3.05) is 13.2 Å². The van der Waals surface area contributed by atoms with Gasteiger partial charge in [-0.2, -0.15) is 0 Å². The van der Waals surface area contributed by atoms with E-state index in [1.165, 1.54) is 6.92 Å². The van der Waals surface area contributed by atoms with Crippen molar-refractivity contribution in [3.05, 3.63) is 23.3 Å². The number of ketones is 1. The van der Waals surface area contributed by atoms with Crippen LogP contribution in [-0.2, 0) is 5.60 Å². The summed E-state index contributed by atoms with van der Waals surface area (Å²) in [5.41, 5.74) is -0.0225. The van der Waals surface area contributed by atoms with Crippen LogP contribution in [-0.4, -0.2) is 24.1 Å². The number of carbonyl (C=O) groups excluding carboxylic acids is 1. The van der Waals surface area contributed by atoms with Crippen molar-refractivity contribution < 1.29 is 19.4 Å². The lowest BCUT2D eigenvalue weighted by Crippen LogP contribution is -2.19. The van der Waals surface area contributed by atoms with Crippen LogP contribution in [0.4, 0.5) is 0 Å². The van der Waals surface area contributed by atoms with Gasteiger partial charge in [-0.3, -0.25) is 4.79 Å². The van der Waals surface area contributed by atoms with Gasteiger partial charge < -0.3 is 14.6 Å². The Labute approximate surface area is 114 Å². The number of ether oxygens (including phenoxy) is 2. The summed E-state index contributed by atoms with van der Waals surface area (Å²) in [4.78, 5) is 11.5. The number of carbonyl (C=O) groups is 1. The number of Topliss-reactive ketones (excluding diaryl/α,β-unsaturated/α-hetero) is 1. The van der Waals surface area contributed by atoms with Crippen LogP contribution < -0.4 is 9.47 Å². The Morgan fingerprint density at radius 3 is 1.84 bits per heavy atom. The molecule has 0 saturated heterocycles. The second kappa shape index (κ2) is 6.06. The molecule has 0 aliphatic carbocycles. The first-order valence-electron chi connectivity index (χ1n) is 6.48. The van der Waals surface area contributed by atoms with E-state index in [-0.39, 0.29) is 5.78 Å². The lowest BCUT2D eigenvalue weighted by Gasteiger charge is -2.25. The summed E-state index contributed by atoms with van der Waals surface area (Å²) >= 11 is 0. The summed E-state index contributed by atoms with van der Waals surface area (Å²) in [5.74, 6) is 0.918. The van der Waals surface area contributed by atoms with E-state index in [1.807, 2.05) is 13.8 Å². The lowest BCUT2D eigenvalue weighted by atomic mass is 9.94. The first-order chi connectivity index (χ1) is 8.81. The highest BCUT2D eigenvalue weighted by molar-refractivity contribution is 5.95. The summed E-state index contributed by atoms with van der Waals surface area (Å²) < 4.78 is 11.1. The quantitative estimate of drug-likeness (QED) is 0.804. The zero-order valence-electron chi connectivity index (χ0n) is 12.2. The van der Waals surface area contributed by atoms with E-state index in [0.717, 1.165) is 0 Å². The maximum atomic E-state index is 11.5. The minimum Gasteiger partial charge on any atom is -0.493 e. The summed E-state index contributed by atoms with van der Waals surface area (Å²) in [6.45, 7) is 9.45. The van der Waals surface area contributed by atoms with Gasteiger partial charge in [0, 0.05) is 5.56 Å². The van der Waals surface area contributed by atoms with Crippen LogP contribution in [0.25, 0.3) is 0 Å². The summed E-state index contributed by atoms with van der Waals surface area (Å²) in [6, 6.07) is 3.31. The molecule has 1 aromatic carbocycles. The van der Waals surface area contributed by atoms with E-state index < -0.39 is 5.60 Å². The predicted molar refractivity (Wildman–Crippen MR) is 74.0 cm³/mol. The third-order valence-electron chi connectivity index (χ3n) is 2.68. The average Bonchev–Trinajstić information content (AvgIpc) is 2.27. The molecule has 0 radical (unpaired) electrons. The predicted octanol–water partition coefficient (Wildman–Crippen LogP) is 2.91. The van der Waals surface area contributed by atoms with Gasteiger partial charge in [0.2, 0.25) is 0 Å². The molecule has 0 fully saturated rings. The topological polar surface area (TPSA) is 55.8 Å². The molecule has 0 aliphatic rings. The van der Waals surface area contributed by atoms with Crippen LogP contribution in [0.5, 0.6) is 11.5 Å². The minimum absolute atomic E-state index is 0.0656. The highest BCUT2D eigenvalue weighted by Crippen LogP contribution is 2.39. The zero-order valence-corrected chi connectivity index (χ0v) is 12.2. The molecule has 0 unspecified atom stereocenters. The molecular formula is C15H22O4. The van der Waals surface area contributed by atoms with E-state index in [2.05, 4.69) is 0 Å². The maximum Gasteiger partial charge on any atom is 0.160 e. The molecule has 106 valence electrons. The maximum absolute atomic E-state index is 11.5. The molecule has 4 nitrogen and oxygen atoms in total. The van der Waals surface area contributed by atoms with Crippen molar-refractivity contribution >= 4 is 5.78 Å². The first kappa shape index (κ1) is 15.5. The van der Waals surface area contributed by atoms with Gasteiger partial charge in [0.25, 0.3) is 0 Å². The van der Waals surface area contributed by atoms with Crippen molar-refractivity contribution in [3.8, 4) is 11.5 Å². The number of aliphatic hydroxyl groups is 1. The van der Waals surface area contributed by atoms with E-state index in [9.17, 15) is 9.90 Å². The highest BCUT2D eigenvalue weighted by Gasteiger charge is 2.27. The monoisotopic (exact) mass is 266 g/mol. The number of benzene rings is 1. The number of rotatable bonds is 6. The van der Waals surface area contributed by atoms with E-state index in [4.69, 9.17) is 9.47 Å². The Balaban J connectivity index is 3.50. The lowest BCUT2D eigenvalue weighted by molar-refractivity contribution is 0.0709. The Morgan fingerprint density at radius 2 is 1.58 bits per heavy atom. The van der Waals surface area contributed by atoms with Crippen molar-refractivity contribution in [2.45, 2.75) is 40.2 Å². The van der Waals surface area contributed by atoms with Gasteiger partial charge >= 0.3 is 0 Å². The van der Waals surface area contributed by atoms with Gasteiger partial charge in [0.1, 0.15) is 11.5 Å². The molecule has 1 N–H and O–H groups in total. The fraction of sp³-hybridized carbons (Fsp3) is 0.533. The van der Waals surface area contributed by atoms with Gasteiger partial charge in [0.15, 0.2) is 5.78 Å². The summed E-state index contributed by atoms with van der Waals surface area (Å²) in [5, 5.41) is 10.3. The molecule has 0 heterocycles. The normalized spacial score (nSPS) is 11.3. The molecule has 1 aromatic rings. The standard InChI is InChI=1S/C15H22O4/c1-6-18-12-8-11(10(3)16)9-13(19-7-2)14(12)15(4,5)17/h8-9,17H,6-7H2,1-5H3. The molecule has 0 aromatic heterocycles. The van der Waals surface area contributed by atoms with Gasteiger partial charge in [-0.15, -0.1) is 0 Å². The van der Waals surface area contributed by atoms with E-state index in [0.29, 0.717) is 35.8 Å². The Hall–Kier alpha value is -1.55. The van der Waals surface area contributed by atoms with Crippen LogP contribution in [0.2, 0.25) is 0 Å². The second-order valence-electron chi connectivity index (χ2n) is 4.83. The van der Waals surface area contributed by atoms with Crippen LogP contribution in [0.1, 0.15) is 50.5 Å². The zero-order chi connectivity index (χ0) is 14.6. The fourth-order valence-corrected chi connectivity index (χ4v) is 1.93. The van der Waals surface area contributed by atoms with Gasteiger partial charge in [-0.1, -0.05) is 0 Å². The van der Waals surface area contributed by atoms with Crippen LogP contribution in [0.3, 0.4) is 0 Å². The molecule has 0 saturated carbocycles. The van der Waals surface area contributed by atoms with Crippen molar-refractivity contribution in [3.63, 3.8) is 0 Å². The molecule has 0 spiro atoms. The van der Waals surface area contributed by atoms with Crippen molar-refractivity contribution in [1.29, 1.82) is 0 Å². The van der Waals surface area contributed by atoms with Crippen LogP contribution in [0.15, 0.2) is 12.1 Å². The SMILES string of the molecule is CCOc1cc(C(C)=O)cc(OCC)c1C(C)(C)O. The number of hydrogen-bond acceptors (Lipinski definition) is 4. The first-order valence-corrected chi connectivity index (χ1v) is 6.48. The molecule has 4 heteroatoms. The third-order valence-corrected chi connectivity index (χ3v) is 2.68. The molecular weight excluding hydrogens is 244 g/mol. The summed E-state index contributed by atoms with van der Waals surface area (Å²) in [6.07, 6.45) is 0. The number of hydrogen-bond donors (Lipinski definition) is 1. The second-order valence-corrected chi connectivity index (χ2v) is 4.83. The van der Waals surface area contributed by atoms with Crippen LogP contribution >= 0.6 is 0 Å². The molecule has 0 aliphatic heterocycles. The smallest absolute Gasteiger partial charge is 0.160 e. The highest BCUT2D eigenvalue weighted by atomic mass is 16.5. The van der Waals surface area contributed by atoms with Crippen molar-refractivity contribution in [2.24, 2.45) is 0 Å². The summed E-state index contributed by atoms with van der Waals surface area (Å²) in [7, 11) is 0. The van der Waals surface area contributed by atoms with E-state index >= 15 is 0 Å². The molecule has 19 heavy (non-hydrogen) atoms. The van der Waals surface area contributed by atoms with Gasteiger partial charge in [-0.05, 0) is 46.8 Å². The fourth-order valence-electron chi connectivity index (χ4n) is 1.93. The average molecular weight is 266 g/mol. The molecule has 0 bridgehead atoms.